The lowest BCUT2D eigenvalue weighted by atomic mass is 10.1. The lowest BCUT2D eigenvalue weighted by Gasteiger charge is -2.15. The molecule has 1 amide bonds. The smallest absolute Gasteiger partial charge is 0.257 e. The number of fused-ring (bicyclic) bond motifs is 1. The highest BCUT2D eigenvalue weighted by molar-refractivity contribution is 5.99. The van der Waals surface area contributed by atoms with Crippen LogP contribution in [0.25, 0.3) is 11.3 Å². The molecular weight excluding hydrogens is 332 g/mol. The Hall–Kier alpha value is -3.00. The average molecular weight is 352 g/mol. The summed E-state index contributed by atoms with van der Waals surface area (Å²) in [5.41, 5.74) is 1.77. The average Bonchev–Trinajstić information content (AvgIpc) is 3.24. The van der Waals surface area contributed by atoms with E-state index in [1.165, 1.54) is 6.26 Å². The largest absolute Gasteiger partial charge is 0.363 e. The molecule has 1 aliphatic rings. The van der Waals surface area contributed by atoms with Crippen LogP contribution >= 0.6 is 0 Å². The van der Waals surface area contributed by atoms with Gasteiger partial charge in [-0.3, -0.25) is 4.79 Å². The minimum absolute atomic E-state index is 0.248. The summed E-state index contributed by atoms with van der Waals surface area (Å²) in [5.74, 6) is 1.46. The molecule has 134 valence electrons. The quantitative estimate of drug-likeness (QED) is 0.740. The molecule has 1 atom stereocenters. The predicted molar refractivity (Wildman–Crippen MR) is 94.4 cm³/mol. The number of rotatable bonds is 4. The SMILES string of the molecule is CC(NC(=O)c1conc1-c1ccccc1)c1nnc2n1CCNCC2. The van der Waals surface area contributed by atoms with Crippen LogP contribution in [0.2, 0.25) is 0 Å². The summed E-state index contributed by atoms with van der Waals surface area (Å²) >= 11 is 0. The molecule has 26 heavy (non-hydrogen) atoms. The van der Waals surface area contributed by atoms with Crippen molar-refractivity contribution in [1.29, 1.82) is 0 Å². The van der Waals surface area contributed by atoms with Gasteiger partial charge in [-0.1, -0.05) is 35.5 Å². The number of nitrogens with zero attached hydrogens (tertiary/aromatic N) is 4. The summed E-state index contributed by atoms with van der Waals surface area (Å²) in [4.78, 5) is 12.8. The first-order valence-electron chi connectivity index (χ1n) is 8.67. The Labute approximate surface area is 150 Å². The highest BCUT2D eigenvalue weighted by Gasteiger charge is 2.23. The van der Waals surface area contributed by atoms with E-state index in [4.69, 9.17) is 4.52 Å². The van der Waals surface area contributed by atoms with Crippen LogP contribution in [0.3, 0.4) is 0 Å². The third-order valence-electron chi connectivity index (χ3n) is 4.49. The zero-order valence-corrected chi connectivity index (χ0v) is 14.5. The van der Waals surface area contributed by atoms with Gasteiger partial charge in [-0.15, -0.1) is 10.2 Å². The number of nitrogens with one attached hydrogen (secondary N) is 2. The maximum atomic E-state index is 12.8. The molecular formula is C18H20N6O2. The van der Waals surface area contributed by atoms with Crippen molar-refractivity contribution >= 4 is 5.91 Å². The minimum Gasteiger partial charge on any atom is -0.363 e. The predicted octanol–water partition coefficient (Wildman–Crippen LogP) is 1.57. The van der Waals surface area contributed by atoms with Gasteiger partial charge in [-0.05, 0) is 6.92 Å². The zero-order valence-electron chi connectivity index (χ0n) is 14.5. The molecule has 0 aliphatic carbocycles. The lowest BCUT2D eigenvalue weighted by Crippen LogP contribution is -2.29. The molecule has 1 aromatic carbocycles. The van der Waals surface area contributed by atoms with E-state index in [0.29, 0.717) is 11.3 Å². The fourth-order valence-corrected chi connectivity index (χ4v) is 3.16. The summed E-state index contributed by atoms with van der Waals surface area (Å²) in [6.07, 6.45) is 2.20. The number of hydrogen-bond acceptors (Lipinski definition) is 6. The lowest BCUT2D eigenvalue weighted by molar-refractivity contribution is 0.0937. The van der Waals surface area contributed by atoms with Crippen molar-refractivity contribution in [2.75, 3.05) is 13.1 Å². The number of hydrogen-bond donors (Lipinski definition) is 2. The number of carbonyl (C=O) groups excluding carboxylic acids is 1. The normalized spacial score (nSPS) is 15.1. The Balaban J connectivity index is 1.55. The highest BCUT2D eigenvalue weighted by Crippen LogP contribution is 2.22. The van der Waals surface area contributed by atoms with Gasteiger partial charge in [0.2, 0.25) is 0 Å². The molecule has 2 N–H and O–H groups in total. The van der Waals surface area contributed by atoms with E-state index in [-0.39, 0.29) is 11.9 Å². The molecule has 4 rings (SSSR count). The molecule has 3 heterocycles. The minimum atomic E-state index is -0.277. The number of amides is 1. The molecule has 8 heteroatoms. The van der Waals surface area contributed by atoms with Gasteiger partial charge in [-0.2, -0.15) is 0 Å². The molecule has 0 spiro atoms. The van der Waals surface area contributed by atoms with E-state index in [2.05, 4.69) is 30.6 Å². The third-order valence-corrected chi connectivity index (χ3v) is 4.49. The molecule has 2 aromatic heterocycles. The van der Waals surface area contributed by atoms with Crippen LogP contribution < -0.4 is 10.6 Å². The van der Waals surface area contributed by atoms with Crippen molar-refractivity contribution in [3.63, 3.8) is 0 Å². The standard InChI is InChI=1S/C18H20N6O2/c1-12(17-22-21-15-7-8-19-9-10-24(15)17)20-18(25)14-11-26-23-16(14)13-5-3-2-4-6-13/h2-6,11-12,19H,7-10H2,1H3,(H,20,25). The molecule has 0 bridgehead atoms. The van der Waals surface area contributed by atoms with Crippen molar-refractivity contribution in [3.8, 4) is 11.3 Å². The van der Waals surface area contributed by atoms with Gasteiger partial charge < -0.3 is 19.7 Å². The fraction of sp³-hybridized carbons (Fsp3) is 0.333. The summed E-state index contributed by atoms with van der Waals surface area (Å²) in [6.45, 7) is 4.45. The molecule has 8 nitrogen and oxygen atoms in total. The number of aromatic nitrogens is 4. The molecule has 0 saturated carbocycles. The van der Waals surface area contributed by atoms with Crippen LogP contribution in [0.5, 0.6) is 0 Å². The van der Waals surface area contributed by atoms with E-state index in [1.54, 1.807) is 0 Å². The van der Waals surface area contributed by atoms with Gasteiger partial charge in [-0.25, -0.2) is 0 Å². The van der Waals surface area contributed by atoms with Crippen LogP contribution in [0.15, 0.2) is 41.1 Å². The van der Waals surface area contributed by atoms with E-state index in [1.807, 2.05) is 37.3 Å². The van der Waals surface area contributed by atoms with Crippen molar-refractivity contribution < 1.29 is 9.32 Å². The Morgan fingerprint density at radius 2 is 2.12 bits per heavy atom. The van der Waals surface area contributed by atoms with Gasteiger partial charge in [0.25, 0.3) is 5.91 Å². The van der Waals surface area contributed by atoms with Gasteiger partial charge in [0.15, 0.2) is 5.82 Å². The topological polar surface area (TPSA) is 97.9 Å². The Morgan fingerprint density at radius 3 is 2.96 bits per heavy atom. The highest BCUT2D eigenvalue weighted by atomic mass is 16.5. The van der Waals surface area contributed by atoms with Crippen molar-refractivity contribution in [2.45, 2.75) is 25.9 Å². The molecule has 3 aromatic rings. The van der Waals surface area contributed by atoms with Crippen LogP contribution in [0.4, 0.5) is 0 Å². The van der Waals surface area contributed by atoms with E-state index in [0.717, 1.165) is 43.3 Å². The molecule has 0 radical (unpaired) electrons. The summed E-state index contributed by atoms with van der Waals surface area (Å²) in [6, 6.07) is 9.21. The maximum Gasteiger partial charge on any atom is 0.257 e. The van der Waals surface area contributed by atoms with E-state index < -0.39 is 0 Å². The Kier molecular flexibility index (Phi) is 4.49. The third kappa shape index (κ3) is 3.11. The van der Waals surface area contributed by atoms with Crippen LogP contribution in [-0.4, -0.2) is 38.9 Å². The van der Waals surface area contributed by atoms with Crippen molar-refractivity contribution in [2.24, 2.45) is 0 Å². The van der Waals surface area contributed by atoms with Crippen LogP contribution in [0.1, 0.15) is 35.0 Å². The van der Waals surface area contributed by atoms with Gasteiger partial charge >= 0.3 is 0 Å². The van der Waals surface area contributed by atoms with Gasteiger partial charge in [0.05, 0.1) is 6.04 Å². The fourth-order valence-electron chi connectivity index (χ4n) is 3.16. The maximum absolute atomic E-state index is 12.8. The number of benzene rings is 1. The van der Waals surface area contributed by atoms with Gasteiger partial charge in [0, 0.05) is 31.6 Å². The second-order valence-electron chi connectivity index (χ2n) is 6.26. The van der Waals surface area contributed by atoms with E-state index in [9.17, 15) is 4.79 Å². The van der Waals surface area contributed by atoms with E-state index >= 15 is 0 Å². The monoisotopic (exact) mass is 352 g/mol. The Bertz CT molecular complexity index is 902. The summed E-state index contributed by atoms with van der Waals surface area (Å²) in [5, 5.41) is 18.9. The summed E-state index contributed by atoms with van der Waals surface area (Å²) in [7, 11) is 0. The zero-order chi connectivity index (χ0) is 17.9. The first-order valence-corrected chi connectivity index (χ1v) is 8.67. The Morgan fingerprint density at radius 1 is 1.27 bits per heavy atom. The van der Waals surface area contributed by atoms with Crippen LogP contribution in [-0.2, 0) is 13.0 Å². The van der Waals surface area contributed by atoms with Crippen molar-refractivity contribution in [3.05, 3.63) is 53.8 Å². The molecule has 0 saturated heterocycles. The van der Waals surface area contributed by atoms with Crippen molar-refractivity contribution in [1.82, 2.24) is 30.6 Å². The second-order valence-corrected chi connectivity index (χ2v) is 6.26. The number of carbonyl (C=O) groups is 1. The first kappa shape index (κ1) is 16.5. The first-order chi connectivity index (χ1) is 12.7. The summed E-state index contributed by atoms with van der Waals surface area (Å²) < 4.78 is 7.13. The molecule has 0 fully saturated rings. The van der Waals surface area contributed by atoms with Gasteiger partial charge in [0.1, 0.15) is 23.3 Å². The second kappa shape index (κ2) is 7.09. The van der Waals surface area contributed by atoms with Crippen LogP contribution in [0, 0.1) is 0 Å². The molecule has 1 unspecified atom stereocenters. The molecule has 1 aliphatic heterocycles.